The fraction of sp³-hybridized carbons (Fsp3) is 0.500. The van der Waals surface area contributed by atoms with Gasteiger partial charge in [-0.05, 0) is 52.4 Å². The van der Waals surface area contributed by atoms with Crippen LogP contribution in [0.1, 0.15) is 26.7 Å². The Morgan fingerprint density at radius 2 is 1.95 bits per heavy atom. The third kappa shape index (κ3) is 3.90. The maximum Gasteiger partial charge on any atom is 0.137 e. The molecule has 0 bridgehead atoms. The van der Waals surface area contributed by atoms with Gasteiger partial charge in [0.05, 0.1) is 5.52 Å². The quantitative estimate of drug-likeness (QED) is 0.786. The monoisotopic (exact) mass is 272 g/mol. The van der Waals surface area contributed by atoms with Gasteiger partial charge < -0.3 is 10.2 Å². The number of aromatic nitrogens is 2. The van der Waals surface area contributed by atoms with E-state index in [9.17, 15) is 0 Å². The average Bonchev–Trinajstić information content (AvgIpc) is 2.46. The molecule has 1 heterocycles. The van der Waals surface area contributed by atoms with Gasteiger partial charge in [0.2, 0.25) is 0 Å². The van der Waals surface area contributed by atoms with Gasteiger partial charge in [-0.2, -0.15) is 0 Å². The highest BCUT2D eigenvalue weighted by molar-refractivity contribution is 5.88. The zero-order valence-electron chi connectivity index (χ0n) is 12.6. The van der Waals surface area contributed by atoms with Crippen LogP contribution in [0.2, 0.25) is 0 Å². The molecule has 0 fully saturated rings. The molecule has 0 spiro atoms. The van der Waals surface area contributed by atoms with Crippen LogP contribution in [0.3, 0.4) is 0 Å². The van der Waals surface area contributed by atoms with E-state index in [4.69, 9.17) is 0 Å². The zero-order valence-corrected chi connectivity index (χ0v) is 12.6. The number of fused-ring (bicyclic) bond motifs is 1. The average molecular weight is 272 g/mol. The molecule has 0 saturated carbocycles. The van der Waals surface area contributed by atoms with E-state index in [1.54, 1.807) is 6.33 Å². The second-order valence-electron chi connectivity index (χ2n) is 5.45. The second kappa shape index (κ2) is 7.20. The summed E-state index contributed by atoms with van der Waals surface area (Å²) in [5.41, 5.74) is 0.990. The third-order valence-corrected chi connectivity index (χ3v) is 3.65. The van der Waals surface area contributed by atoms with Crippen molar-refractivity contribution in [3.63, 3.8) is 0 Å². The molecular formula is C16H24N4. The summed E-state index contributed by atoms with van der Waals surface area (Å²) in [5.74, 6) is 0.938. The number of nitrogens with zero attached hydrogens (tertiary/aromatic N) is 3. The lowest BCUT2D eigenvalue weighted by molar-refractivity contribution is 0.269. The maximum absolute atomic E-state index is 4.34. The summed E-state index contributed by atoms with van der Waals surface area (Å²) < 4.78 is 0. The van der Waals surface area contributed by atoms with Gasteiger partial charge in [0.1, 0.15) is 12.1 Å². The molecule has 2 aromatic rings. The number of para-hydroxylation sites is 1. The molecule has 0 amide bonds. The minimum absolute atomic E-state index is 0.619. The fourth-order valence-corrected chi connectivity index (χ4v) is 2.10. The molecule has 0 aliphatic heterocycles. The van der Waals surface area contributed by atoms with Gasteiger partial charge in [-0.1, -0.05) is 12.1 Å². The topological polar surface area (TPSA) is 41.0 Å². The van der Waals surface area contributed by atoms with E-state index in [0.29, 0.717) is 6.04 Å². The van der Waals surface area contributed by atoms with Crippen molar-refractivity contribution >= 4 is 16.7 Å². The molecule has 0 saturated heterocycles. The van der Waals surface area contributed by atoms with Crippen LogP contribution < -0.4 is 5.32 Å². The van der Waals surface area contributed by atoms with Gasteiger partial charge in [-0.15, -0.1) is 0 Å². The highest BCUT2D eigenvalue weighted by Gasteiger charge is 2.03. The fourth-order valence-electron chi connectivity index (χ4n) is 2.10. The molecule has 2 rings (SSSR count). The lowest BCUT2D eigenvalue weighted by Gasteiger charge is -2.20. The van der Waals surface area contributed by atoms with E-state index < -0.39 is 0 Å². The molecule has 20 heavy (non-hydrogen) atoms. The number of hydrogen-bond acceptors (Lipinski definition) is 4. The molecule has 108 valence electrons. The summed E-state index contributed by atoms with van der Waals surface area (Å²) >= 11 is 0. The highest BCUT2D eigenvalue weighted by atomic mass is 15.1. The number of unbranched alkanes of at least 4 members (excludes halogenated alkanes) is 1. The summed E-state index contributed by atoms with van der Waals surface area (Å²) in [6.45, 7) is 6.55. The van der Waals surface area contributed by atoms with Crippen molar-refractivity contribution in [2.75, 3.05) is 25.5 Å². The Balaban J connectivity index is 1.82. The lowest BCUT2D eigenvalue weighted by atomic mass is 10.2. The van der Waals surface area contributed by atoms with Gasteiger partial charge in [-0.3, -0.25) is 0 Å². The van der Waals surface area contributed by atoms with E-state index in [-0.39, 0.29) is 0 Å². The summed E-state index contributed by atoms with van der Waals surface area (Å²) in [5, 5.41) is 4.51. The highest BCUT2D eigenvalue weighted by Crippen LogP contribution is 2.18. The number of hydrogen-bond donors (Lipinski definition) is 1. The van der Waals surface area contributed by atoms with Gasteiger partial charge in [0, 0.05) is 18.0 Å². The van der Waals surface area contributed by atoms with Crippen molar-refractivity contribution in [2.24, 2.45) is 0 Å². The Bertz CT molecular complexity index is 533. The maximum atomic E-state index is 4.34. The minimum atomic E-state index is 0.619. The molecular weight excluding hydrogens is 248 g/mol. The minimum Gasteiger partial charge on any atom is -0.369 e. The van der Waals surface area contributed by atoms with Crippen LogP contribution in [-0.4, -0.2) is 41.0 Å². The molecule has 1 aromatic heterocycles. The van der Waals surface area contributed by atoms with Crippen LogP contribution >= 0.6 is 0 Å². The smallest absolute Gasteiger partial charge is 0.137 e. The Hall–Kier alpha value is -1.68. The van der Waals surface area contributed by atoms with Crippen LogP contribution in [0, 0.1) is 0 Å². The van der Waals surface area contributed by atoms with Crippen molar-refractivity contribution in [2.45, 2.75) is 32.7 Å². The molecule has 0 aliphatic rings. The number of anilines is 1. The molecule has 4 heteroatoms. The first kappa shape index (κ1) is 14.7. The van der Waals surface area contributed by atoms with Crippen molar-refractivity contribution in [1.29, 1.82) is 0 Å². The van der Waals surface area contributed by atoms with Gasteiger partial charge >= 0.3 is 0 Å². The Kier molecular flexibility index (Phi) is 5.30. The zero-order chi connectivity index (χ0) is 14.4. The number of nitrogens with one attached hydrogen (secondary N) is 1. The van der Waals surface area contributed by atoms with Gasteiger partial charge in [0.25, 0.3) is 0 Å². The predicted molar refractivity (Wildman–Crippen MR) is 85.0 cm³/mol. The van der Waals surface area contributed by atoms with Crippen LogP contribution in [-0.2, 0) is 0 Å². The van der Waals surface area contributed by atoms with Crippen LogP contribution in [0.15, 0.2) is 30.6 Å². The summed E-state index contributed by atoms with van der Waals surface area (Å²) in [7, 11) is 2.18. The van der Waals surface area contributed by atoms with Crippen molar-refractivity contribution < 1.29 is 0 Å². The first-order chi connectivity index (χ1) is 9.68. The first-order valence-corrected chi connectivity index (χ1v) is 7.32. The van der Waals surface area contributed by atoms with Gasteiger partial charge in [-0.25, -0.2) is 9.97 Å². The SMILES string of the molecule is CC(C)N(C)CCCCNc1ncnc2ccccc12. The summed E-state index contributed by atoms with van der Waals surface area (Å²) in [6, 6.07) is 8.72. The predicted octanol–water partition coefficient (Wildman–Crippen LogP) is 3.16. The molecule has 4 nitrogen and oxygen atoms in total. The van der Waals surface area contributed by atoms with E-state index in [0.717, 1.165) is 36.2 Å². The molecule has 1 N–H and O–H groups in total. The van der Waals surface area contributed by atoms with Crippen molar-refractivity contribution in [1.82, 2.24) is 14.9 Å². The molecule has 0 unspecified atom stereocenters. The summed E-state index contributed by atoms with van der Waals surface area (Å²) in [6.07, 6.45) is 3.97. The van der Waals surface area contributed by atoms with Gasteiger partial charge in [0.15, 0.2) is 0 Å². The van der Waals surface area contributed by atoms with Crippen molar-refractivity contribution in [3.8, 4) is 0 Å². The van der Waals surface area contributed by atoms with E-state index in [2.05, 4.69) is 47.1 Å². The van der Waals surface area contributed by atoms with Crippen molar-refractivity contribution in [3.05, 3.63) is 30.6 Å². The number of benzene rings is 1. The first-order valence-electron chi connectivity index (χ1n) is 7.32. The van der Waals surface area contributed by atoms with Crippen LogP contribution in [0.5, 0.6) is 0 Å². The number of rotatable bonds is 7. The van der Waals surface area contributed by atoms with E-state index in [1.165, 1.54) is 6.42 Å². The largest absolute Gasteiger partial charge is 0.369 e. The van der Waals surface area contributed by atoms with Crippen LogP contribution in [0.4, 0.5) is 5.82 Å². The van der Waals surface area contributed by atoms with E-state index >= 15 is 0 Å². The second-order valence-corrected chi connectivity index (χ2v) is 5.45. The van der Waals surface area contributed by atoms with E-state index in [1.807, 2.05) is 18.2 Å². The molecule has 0 aliphatic carbocycles. The summed E-state index contributed by atoms with van der Waals surface area (Å²) in [4.78, 5) is 11.0. The normalized spacial score (nSPS) is 11.4. The Morgan fingerprint density at radius 1 is 1.15 bits per heavy atom. The molecule has 1 aromatic carbocycles. The molecule has 0 radical (unpaired) electrons. The third-order valence-electron chi connectivity index (χ3n) is 3.65. The lowest BCUT2D eigenvalue weighted by Crippen LogP contribution is -2.27. The molecule has 0 atom stereocenters. The standard InChI is InChI=1S/C16H24N4/c1-13(2)20(3)11-7-6-10-17-16-14-8-4-5-9-15(14)18-12-19-16/h4-5,8-9,12-13H,6-7,10-11H2,1-3H3,(H,17,18,19). The van der Waals surface area contributed by atoms with Crippen LogP contribution in [0.25, 0.3) is 10.9 Å². The Labute approximate surface area is 121 Å². The Morgan fingerprint density at radius 3 is 2.75 bits per heavy atom.